The van der Waals surface area contributed by atoms with Crippen LogP contribution >= 0.6 is 35.1 Å². The number of carbonyl (C=O) groups is 1. The SMILES string of the molecule is COc1ccc(CNC(=O)c2ccc(C3=NSC(c4cc(Cl)cc(Cl)c4)(C(F)(F)F)C3)cc2C)cc1. The summed E-state index contributed by atoms with van der Waals surface area (Å²) >= 11 is 12.4. The van der Waals surface area contributed by atoms with Gasteiger partial charge in [0, 0.05) is 28.6 Å². The highest BCUT2D eigenvalue weighted by Gasteiger charge is 2.60. The Morgan fingerprint density at radius 2 is 1.75 bits per heavy atom. The van der Waals surface area contributed by atoms with E-state index in [1.54, 1.807) is 44.4 Å². The summed E-state index contributed by atoms with van der Waals surface area (Å²) in [6.45, 7) is 2.06. The zero-order chi connectivity index (χ0) is 26.1. The summed E-state index contributed by atoms with van der Waals surface area (Å²) in [6.07, 6.45) is -4.99. The van der Waals surface area contributed by atoms with Gasteiger partial charge in [-0.3, -0.25) is 4.79 Å². The van der Waals surface area contributed by atoms with Gasteiger partial charge in [-0.2, -0.15) is 13.2 Å². The van der Waals surface area contributed by atoms with Gasteiger partial charge in [-0.25, -0.2) is 4.40 Å². The van der Waals surface area contributed by atoms with Crippen molar-refractivity contribution in [3.8, 4) is 5.75 Å². The van der Waals surface area contributed by atoms with Crippen LogP contribution in [0.1, 0.15) is 39.0 Å². The van der Waals surface area contributed by atoms with Crippen LogP contribution in [0.15, 0.2) is 65.1 Å². The average Bonchev–Trinajstić information content (AvgIpc) is 3.29. The molecule has 36 heavy (non-hydrogen) atoms. The quantitative estimate of drug-likeness (QED) is 0.321. The smallest absolute Gasteiger partial charge is 0.409 e. The largest absolute Gasteiger partial charge is 0.497 e. The zero-order valence-electron chi connectivity index (χ0n) is 19.2. The van der Waals surface area contributed by atoms with Crippen LogP contribution in [0.5, 0.6) is 5.75 Å². The van der Waals surface area contributed by atoms with Gasteiger partial charge >= 0.3 is 6.18 Å². The van der Waals surface area contributed by atoms with E-state index in [9.17, 15) is 18.0 Å². The summed E-state index contributed by atoms with van der Waals surface area (Å²) < 4.78 is 50.0. The zero-order valence-corrected chi connectivity index (χ0v) is 21.6. The molecule has 3 aromatic rings. The molecule has 1 aliphatic heterocycles. The molecule has 0 aromatic heterocycles. The maximum Gasteiger partial charge on any atom is 0.409 e. The van der Waals surface area contributed by atoms with Crippen molar-refractivity contribution < 1.29 is 22.7 Å². The summed E-state index contributed by atoms with van der Waals surface area (Å²) in [4.78, 5) is 12.7. The van der Waals surface area contributed by atoms with Crippen molar-refractivity contribution in [2.75, 3.05) is 7.11 Å². The minimum absolute atomic E-state index is 0.0532. The van der Waals surface area contributed by atoms with Gasteiger partial charge in [-0.1, -0.05) is 41.4 Å². The lowest BCUT2D eigenvalue weighted by Gasteiger charge is -2.30. The molecule has 4 rings (SSSR count). The van der Waals surface area contributed by atoms with E-state index in [1.165, 1.54) is 18.2 Å². The van der Waals surface area contributed by atoms with Crippen molar-refractivity contribution in [2.24, 2.45) is 4.40 Å². The van der Waals surface area contributed by atoms with Crippen molar-refractivity contribution in [2.45, 2.75) is 30.8 Å². The molecule has 3 aromatic carbocycles. The first-order valence-electron chi connectivity index (χ1n) is 10.8. The van der Waals surface area contributed by atoms with Gasteiger partial charge in [-0.15, -0.1) is 0 Å². The molecule has 0 bridgehead atoms. The molecule has 0 saturated carbocycles. The molecule has 4 nitrogen and oxygen atoms in total. The standard InChI is InChI=1S/C26H21Cl2F3N2O2S/c1-15-9-17(5-8-22(15)24(34)32-14-16-3-6-21(35-2)7-4-16)23-13-25(36-33-23,26(29,30)31)18-10-19(27)12-20(28)11-18/h3-12H,13-14H2,1-2H3,(H,32,34). The van der Waals surface area contributed by atoms with Crippen molar-refractivity contribution in [1.29, 1.82) is 0 Å². The highest BCUT2D eigenvalue weighted by Crippen LogP contribution is 2.57. The lowest BCUT2D eigenvalue weighted by Crippen LogP contribution is -2.38. The van der Waals surface area contributed by atoms with Crippen LogP contribution in [0.25, 0.3) is 0 Å². The highest BCUT2D eigenvalue weighted by molar-refractivity contribution is 7.99. The normalized spacial score (nSPS) is 17.6. The number of carbonyl (C=O) groups excluding carboxylic acids is 1. The third kappa shape index (κ3) is 5.36. The minimum Gasteiger partial charge on any atom is -0.497 e. The van der Waals surface area contributed by atoms with Gasteiger partial charge in [0.1, 0.15) is 5.75 Å². The first-order chi connectivity index (χ1) is 17.0. The Morgan fingerprint density at radius 1 is 1.08 bits per heavy atom. The van der Waals surface area contributed by atoms with E-state index in [4.69, 9.17) is 27.9 Å². The van der Waals surface area contributed by atoms with Crippen molar-refractivity contribution in [3.63, 3.8) is 0 Å². The fourth-order valence-electron chi connectivity index (χ4n) is 3.96. The van der Waals surface area contributed by atoms with Gasteiger partial charge in [0.2, 0.25) is 0 Å². The van der Waals surface area contributed by atoms with Crippen LogP contribution < -0.4 is 10.1 Å². The highest BCUT2D eigenvalue weighted by atomic mass is 35.5. The Labute approximate surface area is 221 Å². The lowest BCUT2D eigenvalue weighted by atomic mass is 9.89. The number of ether oxygens (including phenoxy) is 1. The number of benzene rings is 3. The van der Waals surface area contributed by atoms with E-state index in [1.807, 2.05) is 12.1 Å². The monoisotopic (exact) mass is 552 g/mol. The second-order valence-corrected chi connectivity index (χ2v) is 10.3. The Morgan fingerprint density at radius 3 is 2.33 bits per heavy atom. The molecule has 1 N–H and O–H groups in total. The molecule has 0 aliphatic carbocycles. The Hall–Kier alpha value is -2.68. The Kier molecular flexibility index (Phi) is 7.59. The molecular weight excluding hydrogens is 532 g/mol. The lowest BCUT2D eigenvalue weighted by molar-refractivity contribution is -0.159. The molecule has 10 heteroatoms. The molecule has 1 atom stereocenters. The Balaban J connectivity index is 1.52. The maximum atomic E-state index is 14.3. The fraction of sp³-hybridized carbons (Fsp3) is 0.231. The summed E-state index contributed by atoms with van der Waals surface area (Å²) in [5.74, 6) is 0.438. The number of nitrogens with zero attached hydrogens (tertiary/aromatic N) is 1. The minimum atomic E-state index is -4.60. The Bertz CT molecular complexity index is 1310. The number of nitrogens with one attached hydrogen (secondary N) is 1. The van der Waals surface area contributed by atoms with Gasteiger partial charge in [-0.05, 0) is 83.6 Å². The molecule has 0 fully saturated rings. The third-order valence-corrected chi connectivity index (χ3v) is 7.60. The van der Waals surface area contributed by atoms with Gasteiger partial charge in [0.15, 0.2) is 4.75 Å². The van der Waals surface area contributed by atoms with Crippen molar-refractivity contribution in [3.05, 3.63) is 98.5 Å². The van der Waals surface area contributed by atoms with Gasteiger partial charge in [0.25, 0.3) is 5.91 Å². The number of aryl methyl sites for hydroxylation is 1. The number of methoxy groups -OCH3 is 1. The molecule has 0 saturated heterocycles. The number of halogens is 5. The first-order valence-corrected chi connectivity index (χ1v) is 12.4. The average molecular weight is 553 g/mol. The van der Waals surface area contributed by atoms with Gasteiger partial charge < -0.3 is 10.1 Å². The predicted molar refractivity (Wildman–Crippen MR) is 138 cm³/mol. The second-order valence-electron chi connectivity index (χ2n) is 8.35. The van der Waals surface area contributed by atoms with Crippen LogP contribution in [-0.2, 0) is 11.3 Å². The number of alkyl halides is 3. The topological polar surface area (TPSA) is 50.7 Å². The van der Waals surface area contributed by atoms with Crippen LogP contribution in [0, 0.1) is 6.92 Å². The number of hydrogen-bond donors (Lipinski definition) is 1. The molecule has 0 spiro atoms. The fourth-order valence-corrected chi connectivity index (χ4v) is 5.45. The number of rotatable bonds is 6. The molecule has 188 valence electrons. The molecule has 1 aliphatic rings. The predicted octanol–water partition coefficient (Wildman–Crippen LogP) is 7.54. The molecule has 0 radical (unpaired) electrons. The van der Waals surface area contributed by atoms with E-state index >= 15 is 0 Å². The van der Waals surface area contributed by atoms with Crippen LogP contribution in [-0.4, -0.2) is 24.9 Å². The third-order valence-electron chi connectivity index (χ3n) is 5.93. The van der Waals surface area contributed by atoms with Gasteiger partial charge in [0.05, 0.1) is 12.8 Å². The van der Waals surface area contributed by atoms with Crippen LogP contribution in [0.3, 0.4) is 0 Å². The van der Waals surface area contributed by atoms with Crippen LogP contribution in [0.2, 0.25) is 10.0 Å². The second kappa shape index (κ2) is 10.4. The molecule has 1 unspecified atom stereocenters. The summed E-state index contributed by atoms with van der Waals surface area (Å²) in [7, 11) is 1.58. The van der Waals surface area contributed by atoms with Crippen molar-refractivity contribution in [1.82, 2.24) is 5.32 Å². The number of hydrogen-bond acceptors (Lipinski definition) is 4. The summed E-state index contributed by atoms with van der Waals surface area (Å²) in [6, 6.07) is 16.1. The van der Waals surface area contributed by atoms with E-state index in [0.29, 0.717) is 35.2 Å². The summed E-state index contributed by atoms with van der Waals surface area (Å²) in [5, 5.41) is 3.10. The number of amides is 1. The van der Waals surface area contributed by atoms with Crippen molar-refractivity contribution >= 4 is 46.8 Å². The maximum absolute atomic E-state index is 14.3. The van der Waals surface area contributed by atoms with E-state index in [2.05, 4.69) is 9.71 Å². The van der Waals surface area contributed by atoms with E-state index in [0.717, 1.165) is 11.3 Å². The molecule has 1 amide bonds. The van der Waals surface area contributed by atoms with E-state index in [-0.39, 0.29) is 33.6 Å². The molecule has 1 heterocycles. The van der Waals surface area contributed by atoms with E-state index < -0.39 is 10.9 Å². The summed E-state index contributed by atoms with van der Waals surface area (Å²) in [5.41, 5.74) is 2.71. The van der Waals surface area contributed by atoms with Crippen LogP contribution in [0.4, 0.5) is 13.2 Å². The first kappa shape index (κ1) is 26.4. The molecular formula is C26H21Cl2F3N2O2S.